The van der Waals surface area contributed by atoms with Gasteiger partial charge in [0, 0.05) is 25.2 Å². The van der Waals surface area contributed by atoms with E-state index in [1.54, 1.807) is 6.92 Å². The third-order valence-electron chi connectivity index (χ3n) is 4.55. The summed E-state index contributed by atoms with van der Waals surface area (Å²) in [5.74, 6) is -0.147. The van der Waals surface area contributed by atoms with E-state index >= 15 is 0 Å². The lowest BCUT2D eigenvalue weighted by molar-refractivity contribution is -0.127. The van der Waals surface area contributed by atoms with Crippen molar-refractivity contribution in [2.75, 3.05) is 26.3 Å². The highest BCUT2D eigenvalue weighted by Crippen LogP contribution is 2.18. The molecule has 0 radical (unpaired) electrons. The molecule has 1 aromatic carbocycles. The van der Waals surface area contributed by atoms with E-state index in [1.807, 2.05) is 37.3 Å². The Balaban J connectivity index is 1.98. The number of nitrogens with zero attached hydrogens (tertiary/aromatic N) is 1. The van der Waals surface area contributed by atoms with Gasteiger partial charge in [-0.3, -0.25) is 9.69 Å². The van der Waals surface area contributed by atoms with Gasteiger partial charge in [-0.05, 0) is 26.3 Å². The van der Waals surface area contributed by atoms with E-state index in [2.05, 4.69) is 17.1 Å². The summed E-state index contributed by atoms with van der Waals surface area (Å²) in [5.41, 5.74) is 6.05. The van der Waals surface area contributed by atoms with Gasteiger partial charge in [0.25, 0.3) is 0 Å². The number of hydrogen-bond donors (Lipinski definition) is 2. The second-order valence-corrected chi connectivity index (χ2v) is 6.22. The van der Waals surface area contributed by atoms with E-state index in [0.29, 0.717) is 0 Å². The number of ether oxygens (including phenoxy) is 1. The summed E-state index contributed by atoms with van der Waals surface area (Å²) in [6.45, 7) is 9.22. The van der Waals surface area contributed by atoms with Gasteiger partial charge >= 0.3 is 0 Å². The molecule has 2 rings (SSSR count). The maximum atomic E-state index is 12.6. The Morgan fingerprint density at radius 3 is 2.45 bits per heavy atom. The molecule has 1 amide bonds. The topological polar surface area (TPSA) is 67.6 Å². The van der Waals surface area contributed by atoms with Gasteiger partial charge in [-0.1, -0.05) is 30.3 Å². The Morgan fingerprint density at radius 2 is 1.86 bits per heavy atom. The van der Waals surface area contributed by atoms with Crippen LogP contribution in [0.4, 0.5) is 0 Å². The fraction of sp³-hybridized carbons (Fsp3) is 0.588. The number of benzene rings is 1. The quantitative estimate of drug-likeness (QED) is 0.854. The SMILES string of the molecule is CC(NC(=O)C(C)(N)c1ccccc1)C(C)N1CCOCC1. The van der Waals surface area contributed by atoms with Crippen LogP contribution in [-0.2, 0) is 15.1 Å². The molecular formula is C17H27N3O2. The highest BCUT2D eigenvalue weighted by molar-refractivity contribution is 5.87. The van der Waals surface area contributed by atoms with Gasteiger partial charge < -0.3 is 15.8 Å². The molecule has 1 fully saturated rings. The molecule has 3 atom stereocenters. The molecule has 0 bridgehead atoms. The Hall–Kier alpha value is -1.43. The maximum absolute atomic E-state index is 12.6. The van der Waals surface area contributed by atoms with Gasteiger partial charge in [0.05, 0.1) is 13.2 Å². The molecule has 1 saturated heterocycles. The minimum atomic E-state index is -1.03. The Kier molecular flexibility index (Phi) is 5.56. The van der Waals surface area contributed by atoms with E-state index in [0.717, 1.165) is 31.9 Å². The summed E-state index contributed by atoms with van der Waals surface area (Å²) >= 11 is 0. The summed E-state index contributed by atoms with van der Waals surface area (Å²) < 4.78 is 5.37. The van der Waals surface area contributed by atoms with E-state index in [4.69, 9.17) is 10.5 Å². The summed E-state index contributed by atoms with van der Waals surface area (Å²) in [7, 11) is 0. The van der Waals surface area contributed by atoms with E-state index < -0.39 is 5.54 Å². The van der Waals surface area contributed by atoms with Crippen LogP contribution in [0.2, 0.25) is 0 Å². The lowest BCUT2D eigenvalue weighted by Crippen LogP contribution is -2.57. The van der Waals surface area contributed by atoms with Gasteiger partial charge in [-0.2, -0.15) is 0 Å². The molecule has 5 heteroatoms. The molecule has 3 unspecified atom stereocenters. The molecule has 5 nitrogen and oxygen atoms in total. The van der Waals surface area contributed by atoms with Crippen molar-refractivity contribution in [1.29, 1.82) is 0 Å². The molecule has 0 aromatic heterocycles. The van der Waals surface area contributed by atoms with Crippen molar-refractivity contribution in [3.63, 3.8) is 0 Å². The third kappa shape index (κ3) is 3.85. The average molecular weight is 305 g/mol. The van der Waals surface area contributed by atoms with E-state index in [-0.39, 0.29) is 18.0 Å². The van der Waals surface area contributed by atoms with Gasteiger partial charge in [0.2, 0.25) is 5.91 Å². The van der Waals surface area contributed by atoms with Crippen molar-refractivity contribution in [2.45, 2.75) is 38.4 Å². The van der Waals surface area contributed by atoms with Crippen LogP contribution in [-0.4, -0.2) is 49.2 Å². The van der Waals surface area contributed by atoms with Gasteiger partial charge in [0.1, 0.15) is 5.54 Å². The number of amides is 1. The fourth-order valence-electron chi connectivity index (χ4n) is 2.69. The second kappa shape index (κ2) is 7.22. The van der Waals surface area contributed by atoms with Crippen molar-refractivity contribution >= 4 is 5.91 Å². The van der Waals surface area contributed by atoms with Crippen molar-refractivity contribution in [2.24, 2.45) is 5.73 Å². The minimum Gasteiger partial charge on any atom is -0.379 e. The molecule has 0 saturated carbocycles. The Morgan fingerprint density at radius 1 is 1.27 bits per heavy atom. The number of nitrogens with two attached hydrogens (primary N) is 1. The zero-order valence-corrected chi connectivity index (χ0v) is 13.7. The van der Waals surface area contributed by atoms with Crippen molar-refractivity contribution < 1.29 is 9.53 Å². The highest BCUT2D eigenvalue weighted by Gasteiger charge is 2.33. The van der Waals surface area contributed by atoms with Crippen LogP contribution in [0, 0.1) is 0 Å². The first-order valence-corrected chi connectivity index (χ1v) is 7.90. The number of carbonyl (C=O) groups is 1. The fourth-order valence-corrected chi connectivity index (χ4v) is 2.69. The molecular weight excluding hydrogens is 278 g/mol. The van der Waals surface area contributed by atoms with Crippen molar-refractivity contribution in [1.82, 2.24) is 10.2 Å². The number of carbonyl (C=O) groups excluding carboxylic acids is 1. The molecule has 1 aliphatic rings. The normalized spacial score (nSPS) is 21.6. The number of morpholine rings is 1. The molecule has 0 aliphatic carbocycles. The van der Waals surface area contributed by atoms with Gasteiger partial charge in [0.15, 0.2) is 0 Å². The van der Waals surface area contributed by atoms with Crippen molar-refractivity contribution in [3.8, 4) is 0 Å². The van der Waals surface area contributed by atoms with Crippen molar-refractivity contribution in [3.05, 3.63) is 35.9 Å². The monoisotopic (exact) mass is 305 g/mol. The molecule has 22 heavy (non-hydrogen) atoms. The largest absolute Gasteiger partial charge is 0.379 e. The van der Waals surface area contributed by atoms with E-state index in [9.17, 15) is 4.79 Å². The summed E-state index contributed by atoms with van der Waals surface area (Å²) in [4.78, 5) is 14.9. The second-order valence-electron chi connectivity index (χ2n) is 6.22. The molecule has 1 aromatic rings. The van der Waals surface area contributed by atoms with Crippen LogP contribution in [0.15, 0.2) is 30.3 Å². The number of hydrogen-bond acceptors (Lipinski definition) is 4. The molecule has 0 spiro atoms. The first kappa shape index (κ1) is 16.9. The molecule has 1 aliphatic heterocycles. The lowest BCUT2D eigenvalue weighted by Gasteiger charge is -2.37. The van der Waals surface area contributed by atoms with Crippen LogP contribution in [0.1, 0.15) is 26.3 Å². The summed E-state index contributed by atoms with van der Waals surface area (Å²) in [6, 6.07) is 9.75. The predicted octanol–water partition coefficient (Wildman–Crippen LogP) is 1.09. The summed E-state index contributed by atoms with van der Waals surface area (Å²) in [5, 5.41) is 3.07. The third-order valence-corrected chi connectivity index (χ3v) is 4.55. The maximum Gasteiger partial charge on any atom is 0.244 e. The summed E-state index contributed by atoms with van der Waals surface area (Å²) in [6.07, 6.45) is 0. The smallest absolute Gasteiger partial charge is 0.244 e. The average Bonchev–Trinajstić information content (AvgIpc) is 2.55. The molecule has 3 N–H and O–H groups in total. The van der Waals surface area contributed by atoms with Crippen LogP contribution >= 0.6 is 0 Å². The van der Waals surface area contributed by atoms with E-state index in [1.165, 1.54) is 0 Å². The highest BCUT2D eigenvalue weighted by atomic mass is 16.5. The zero-order chi connectivity index (χ0) is 16.2. The molecule has 122 valence electrons. The number of nitrogens with one attached hydrogen (secondary N) is 1. The van der Waals surface area contributed by atoms with Gasteiger partial charge in [-0.25, -0.2) is 0 Å². The minimum absolute atomic E-state index is 0.0252. The van der Waals surface area contributed by atoms with Crippen LogP contribution in [0.3, 0.4) is 0 Å². The first-order valence-electron chi connectivity index (χ1n) is 7.90. The van der Waals surface area contributed by atoms with Gasteiger partial charge in [-0.15, -0.1) is 0 Å². The Bertz CT molecular complexity index is 484. The molecule has 1 heterocycles. The van der Waals surface area contributed by atoms with Crippen LogP contribution < -0.4 is 11.1 Å². The standard InChI is InChI=1S/C17H27N3O2/c1-13(14(2)20-9-11-22-12-10-20)19-16(21)17(3,18)15-7-5-4-6-8-15/h4-8,13-14H,9-12,18H2,1-3H3,(H,19,21). The Labute approximate surface area is 132 Å². The zero-order valence-electron chi connectivity index (χ0n) is 13.7. The lowest BCUT2D eigenvalue weighted by atomic mass is 9.91. The number of rotatable bonds is 5. The first-order chi connectivity index (χ1) is 10.4. The van der Waals surface area contributed by atoms with Crippen LogP contribution in [0.25, 0.3) is 0 Å². The predicted molar refractivity (Wildman–Crippen MR) is 87.4 cm³/mol. The van der Waals surface area contributed by atoms with Crippen LogP contribution in [0.5, 0.6) is 0 Å².